The lowest BCUT2D eigenvalue weighted by atomic mass is 10.0. The van der Waals surface area contributed by atoms with Crippen molar-refractivity contribution in [3.05, 3.63) is 37.1 Å². The van der Waals surface area contributed by atoms with Crippen LogP contribution in [0.5, 0.6) is 0 Å². The highest BCUT2D eigenvalue weighted by Crippen LogP contribution is 2.26. The van der Waals surface area contributed by atoms with Crippen molar-refractivity contribution in [1.82, 2.24) is 19.5 Å². The first-order valence-electron chi connectivity index (χ1n) is 5.63. The molecule has 0 spiro atoms. The predicted molar refractivity (Wildman–Crippen MR) is 61.8 cm³/mol. The van der Waals surface area contributed by atoms with Gasteiger partial charge in [-0.1, -0.05) is 12.2 Å². The third-order valence-corrected chi connectivity index (χ3v) is 2.99. The second-order valence-electron chi connectivity index (χ2n) is 4.05. The number of hydrogen-bond donors (Lipinski definition) is 1. The van der Waals surface area contributed by atoms with Gasteiger partial charge in [-0.25, -0.2) is 9.97 Å². The van der Waals surface area contributed by atoms with Gasteiger partial charge in [-0.2, -0.15) is 0 Å². The van der Waals surface area contributed by atoms with Crippen LogP contribution >= 0.6 is 0 Å². The fraction of sp³-hybridized carbons (Fsp3) is 0.333. The average molecular weight is 214 g/mol. The smallest absolute Gasteiger partial charge is 0.158 e. The minimum Gasteiger partial charge on any atom is -0.342 e. The first-order chi connectivity index (χ1) is 7.95. The number of imidazole rings is 2. The van der Waals surface area contributed by atoms with Crippen molar-refractivity contribution in [2.75, 3.05) is 0 Å². The molecule has 1 N–H and O–H groups in total. The van der Waals surface area contributed by atoms with Crippen LogP contribution in [-0.4, -0.2) is 19.5 Å². The average Bonchev–Trinajstić information content (AvgIpc) is 3.01. The van der Waals surface area contributed by atoms with Crippen LogP contribution in [0.25, 0.3) is 11.5 Å². The molecule has 3 rings (SSSR count). The number of hydrogen-bond acceptors (Lipinski definition) is 2. The van der Waals surface area contributed by atoms with E-state index in [0.29, 0.717) is 6.04 Å². The van der Waals surface area contributed by atoms with Gasteiger partial charge in [-0.05, 0) is 19.3 Å². The molecule has 1 atom stereocenters. The van der Waals surface area contributed by atoms with Crippen LogP contribution in [0.2, 0.25) is 0 Å². The molecule has 0 bridgehead atoms. The zero-order valence-electron chi connectivity index (χ0n) is 9.00. The Bertz CT molecular complexity index is 481. The molecule has 0 amide bonds. The molecule has 0 radical (unpaired) electrons. The van der Waals surface area contributed by atoms with E-state index in [1.165, 1.54) is 19.3 Å². The van der Waals surface area contributed by atoms with Crippen LogP contribution in [-0.2, 0) is 0 Å². The van der Waals surface area contributed by atoms with Crippen molar-refractivity contribution in [2.45, 2.75) is 25.3 Å². The Morgan fingerprint density at radius 3 is 3.19 bits per heavy atom. The van der Waals surface area contributed by atoms with Crippen molar-refractivity contribution in [2.24, 2.45) is 0 Å². The quantitative estimate of drug-likeness (QED) is 0.781. The van der Waals surface area contributed by atoms with Gasteiger partial charge < -0.3 is 9.55 Å². The van der Waals surface area contributed by atoms with Gasteiger partial charge >= 0.3 is 0 Å². The standard InChI is InChI=1S/C12H14N4/c1-2-4-10(5-3-1)16-7-6-14-12(16)11-8-13-9-15-11/h2,4,6-10H,1,3,5H2,(H,13,15). The van der Waals surface area contributed by atoms with E-state index in [9.17, 15) is 0 Å². The van der Waals surface area contributed by atoms with Crippen LogP contribution in [0.1, 0.15) is 25.3 Å². The van der Waals surface area contributed by atoms with Gasteiger partial charge in [0.15, 0.2) is 5.82 Å². The van der Waals surface area contributed by atoms with Crippen molar-refractivity contribution < 1.29 is 0 Å². The summed E-state index contributed by atoms with van der Waals surface area (Å²) in [7, 11) is 0. The molecule has 2 aromatic rings. The SMILES string of the molecule is C1=CC(n2ccnc2-c2cnc[nH]2)CCC1. The summed E-state index contributed by atoms with van der Waals surface area (Å²) >= 11 is 0. The third kappa shape index (κ3) is 1.56. The Labute approximate surface area is 94.1 Å². The number of nitrogens with zero attached hydrogens (tertiary/aromatic N) is 3. The molecule has 4 heteroatoms. The van der Waals surface area contributed by atoms with Gasteiger partial charge in [0.2, 0.25) is 0 Å². The highest BCUT2D eigenvalue weighted by molar-refractivity contribution is 5.48. The number of aromatic nitrogens is 4. The summed E-state index contributed by atoms with van der Waals surface area (Å²) in [4.78, 5) is 11.5. The van der Waals surface area contributed by atoms with E-state index in [2.05, 4.69) is 31.7 Å². The Balaban J connectivity index is 1.99. The van der Waals surface area contributed by atoms with Crippen molar-refractivity contribution in [1.29, 1.82) is 0 Å². The summed E-state index contributed by atoms with van der Waals surface area (Å²) in [5.74, 6) is 0.967. The summed E-state index contributed by atoms with van der Waals surface area (Å²) < 4.78 is 2.21. The first kappa shape index (κ1) is 9.39. The molecular weight excluding hydrogens is 200 g/mol. The largest absolute Gasteiger partial charge is 0.342 e. The highest BCUT2D eigenvalue weighted by Gasteiger charge is 2.15. The summed E-state index contributed by atoms with van der Waals surface area (Å²) in [6.07, 6.45) is 15.5. The lowest BCUT2D eigenvalue weighted by Gasteiger charge is -2.19. The normalized spacial score (nSPS) is 20.1. The second kappa shape index (κ2) is 3.96. The zero-order chi connectivity index (χ0) is 10.8. The van der Waals surface area contributed by atoms with E-state index < -0.39 is 0 Å². The molecule has 82 valence electrons. The fourth-order valence-corrected chi connectivity index (χ4v) is 2.19. The van der Waals surface area contributed by atoms with E-state index in [4.69, 9.17) is 0 Å². The summed E-state index contributed by atoms with van der Waals surface area (Å²) in [5, 5.41) is 0. The van der Waals surface area contributed by atoms with E-state index >= 15 is 0 Å². The second-order valence-corrected chi connectivity index (χ2v) is 4.05. The molecule has 1 unspecified atom stereocenters. The Morgan fingerprint density at radius 2 is 2.44 bits per heavy atom. The van der Waals surface area contributed by atoms with E-state index in [1.54, 1.807) is 6.33 Å². The van der Waals surface area contributed by atoms with Crippen LogP contribution < -0.4 is 0 Å². The Morgan fingerprint density at radius 1 is 1.44 bits per heavy atom. The maximum absolute atomic E-state index is 4.39. The zero-order valence-corrected chi connectivity index (χ0v) is 9.00. The van der Waals surface area contributed by atoms with E-state index in [-0.39, 0.29) is 0 Å². The molecule has 1 aliphatic carbocycles. The maximum Gasteiger partial charge on any atom is 0.158 e. The van der Waals surface area contributed by atoms with Crippen molar-refractivity contribution in [3.63, 3.8) is 0 Å². The lowest BCUT2D eigenvalue weighted by Crippen LogP contribution is -2.09. The molecule has 2 heterocycles. The van der Waals surface area contributed by atoms with Crippen LogP contribution in [0.3, 0.4) is 0 Å². The Kier molecular flexibility index (Phi) is 2.33. The topological polar surface area (TPSA) is 46.5 Å². The number of H-pyrrole nitrogens is 1. The molecule has 0 aliphatic heterocycles. The Hall–Kier alpha value is -1.84. The molecule has 0 saturated carbocycles. The molecule has 0 aromatic carbocycles. The number of rotatable bonds is 2. The molecule has 4 nitrogen and oxygen atoms in total. The minimum absolute atomic E-state index is 0.439. The van der Waals surface area contributed by atoms with Crippen molar-refractivity contribution >= 4 is 0 Å². The summed E-state index contributed by atoms with van der Waals surface area (Å²) in [6, 6.07) is 0.439. The highest BCUT2D eigenvalue weighted by atomic mass is 15.1. The fourth-order valence-electron chi connectivity index (χ4n) is 2.19. The van der Waals surface area contributed by atoms with Gasteiger partial charge in [-0.3, -0.25) is 0 Å². The molecular formula is C12H14N4. The van der Waals surface area contributed by atoms with Gasteiger partial charge in [0.25, 0.3) is 0 Å². The minimum atomic E-state index is 0.439. The monoisotopic (exact) mass is 214 g/mol. The molecule has 16 heavy (non-hydrogen) atoms. The van der Waals surface area contributed by atoms with Gasteiger partial charge in [0, 0.05) is 12.4 Å². The first-order valence-corrected chi connectivity index (χ1v) is 5.63. The summed E-state index contributed by atoms with van der Waals surface area (Å²) in [6.45, 7) is 0. The number of nitrogens with one attached hydrogen (secondary N) is 1. The molecule has 0 saturated heterocycles. The van der Waals surface area contributed by atoms with Crippen LogP contribution in [0.4, 0.5) is 0 Å². The number of aromatic amines is 1. The van der Waals surface area contributed by atoms with Gasteiger partial charge in [-0.15, -0.1) is 0 Å². The molecule has 0 fully saturated rings. The number of allylic oxidation sites excluding steroid dienone is 2. The third-order valence-electron chi connectivity index (χ3n) is 2.99. The van der Waals surface area contributed by atoms with Gasteiger partial charge in [0.05, 0.1) is 18.6 Å². The van der Waals surface area contributed by atoms with E-state index in [1.807, 2.05) is 18.6 Å². The maximum atomic E-state index is 4.39. The van der Waals surface area contributed by atoms with Crippen molar-refractivity contribution in [3.8, 4) is 11.5 Å². The van der Waals surface area contributed by atoms with Crippen LogP contribution in [0.15, 0.2) is 37.1 Å². The van der Waals surface area contributed by atoms with Gasteiger partial charge in [0.1, 0.15) is 5.69 Å². The summed E-state index contributed by atoms with van der Waals surface area (Å²) in [5.41, 5.74) is 0.976. The van der Waals surface area contributed by atoms with Crippen LogP contribution in [0, 0.1) is 0 Å². The molecule has 1 aliphatic rings. The predicted octanol–water partition coefficient (Wildman–Crippen LogP) is 2.55. The van der Waals surface area contributed by atoms with E-state index in [0.717, 1.165) is 11.5 Å². The molecule has 2 aromatic heterocycles. The lowest BCUT2D eigenvalue weighted by molar-refractivity contribution is 0.521.